The second-order valence-corrected chi connectivity index (χ2v) is 3.44. The van der Waals surface area contributed by atoms with Gasteiger partial charge in [0.05, 0.1) is 0 Å². The Hall–Kier alpha value is -0.980. The van der Waals surface area contributed by atoms with Crippen molar-refractivity contribution >= 4 is 5.69 Å². The van der Waals surface area contributed by atoms with Gasteiger partial charge in [-0.1, -0.05) is 26.0 Å². The van der Waals surface area contributed by atoms with Crippen molar-refractivity contribution in [3.63, 3.8) is 0 Å². The highest BCUT2D eigenvalue weighted by molar-refractivity contribution is 5.47. The molecule has 1 rings (SSSR count). The van der Waals surface area contributed by atoms with E-state index in [9.17, 15) is 0 Å². The SMILES string of the molecule is C[C](C)c1ccc(N(C)C)cc1. The number of benzene rings is 1. The molecule has 0 aliphatic heterocycles. The van der Waals surface area contributed by atoms with Gasteiger partial charge >= 0.3 is 0 Å². The number of hydrogen-bond donors (Lipinski definition) is 0. The van der Waals surface area contributed by atoms with Gasteiger partial charge in [0.15, 0.2) is 0 Å². The van der Waals surface area contributed by atoms with Gasteiger partial charge in [-0.15, -0.1) is 0 Å². The third-order valence-corrected chi connectivity index (χ3v) is 1.96. The molecule has 0 spiro atoms. The average Bonchev–Trinajstić information content (AvgIpc) is 2.04. The van der Waals surface area contributed by atoms with E-state index >= 15 is 0 Å². The Kier molecular flexibility index (Phi) is 2.74. The van der Waals surface area contributed by atoms with Crippen LogP contribution >= 0.6 is 0 Å². The zero-order valence-electron chi connectivity index (χ0n) is 8.26. The predicted molar refractivity (Wildman–Crippen MR) is 54.5 cm³/mol. The molecule has 1 aromatic carbocycles. The molecule has 0 bridgehead atoms. The van der Waals surface area contributed by atoms with Crippen LogP contribution in [-0.2, 0) is 0 Å². The molecule has 65 valence electrons. The van der Waals surface area contributed by atoms with Crippen LogP contribution in [0.3, 0.4) is 0 Å². The van der Waals surface area contributed by atoms with Crippen LogP contribution in [0.2, 0.25) is 0 Å². The predicted octanol–water partition coefficient (Wildman–Crippen LogP) is 2.71. The van der Waals surface area contributed by atoms with E-state index in [2.05, 4.69) is 57.1 Å². The molecule has 1 heteroatoms. The summed E-state index contributed by atoms with van der Waals surface area (Å²) in [6.07, 6.45) is 0. The van der Waals surface area contributed by atoms with Gasteiger partial charge < -0.3 is 4.90 Å². The maximum Gasteiger partial charge on any atom is 0.0361 e. The molecule has 0 heterocycles. The van der Waals surface area contributed by atoms with Gasteiger partial charge in [0.2, 0.25) is 0 Å². The highest BCUT2D eigenvalue weighted by Gasteiger charge is 1.99. The molecule has 0 amide bonds. The molecule has 0 N–H and O–H groups in total. The van der Waals surface area contributed by atoms with Gasteiger partial charge in [0.1, 0.15) is 0 Å². The molecule has 0 unspecified atom stereocenters. The van der Waals surface area contributed by atoms with Gasteiger partial charge in [-0.3, -0.25) is 0 Å². The van der Waals surface area contributed by atoms with Crippen molar-refractivity contribution in [3.8, 4) is 0 Å². The third kappa shape index (κ3) is 2.00. The van der Waals surface area contributed by atoms with Crippen molar-refractivity contribution in [2.45, 2.75) is 13.8 Å². The molecular weight excluding hydrogens is 146 g/mol. The number of hydrogen-bond acceptors (Lipinski definition) is 1. The number of rotatable bonds is 2. The maximum absolute atomic E-state index is 2.16. The zero-order chi connectivity index (χ0) is 9.14. The maximum atomic E-state index is 2.16. The average molecular weight is 162 g/mol. The van der Waals surface area contributed by atoms with Crippen molar-refractivity contribution < 1.29 is 0 Å². The van der Waals surface area contributed by atoms with Gasteiger partial charge in [-0.05, 0) is 23.6 Å². The highest BCUT2D eigenvalue weighted by atomic mass is 15.1. The summed E-state index contributed by atoms with van der Waals surface area (Å²) < 4.78 is 0. The minimum absolute atomic E-state index is 1.25. The van der Waals surface area contributed by atoms with E-state index in [0.29, 0.717) is 0 Å². The Morgan fingerprint density at radius 3 is 1.83 bits per heavy atom. The van der Waals surface area contributed by atoms with Crippen molar-refractivity contribution in [1.29, 1.82) is 0 Å². The molecule has 0 aromatic heterocycles. The molecule has 0 fully saturated rings. The van der Waals surface area contributed by atoms with Crippen LogP contribution in [0.4, 0.5) is 5.69 Å². The zero-order valence-corrected chi connectivity index (χ0v) is 8.26. The molecule has 0 atom stereocenters. The first-order chi connectivity index (χ1) is 5.61. The molecule has 0 aliphatic carbocycles. The van der Waals surface area contributed by atoms with Crippen LogP contribution in [0.5, 0.6) is 0 Å². The highest BCUT2D eigenvalue weighted by Crippen LogP contribution is 2.17. The summed E-state index contributed by atoms with van der Waals surface area (Å²) in [4.78, 5) is 2.11. The van der Waals surface area contributed by atoms with Crippen LogP contribution in [-0.4, -0.2) is 14.1 Å². The molecule has 0 saturated carbocycles. The standard InChI is InChI=1S/C11H16N/c1-9(2)10-5-7-11(8-6-10)12(3)4/h5-8H,1-4H3. The largest absolute Gasteiger partial charge is 0.378 e. The Morgan fingerprint density at radius 2 is 1.50 bits per heavy atom. The molecular formula is C11H16N. The van der Waals surface area contributed by atoms with Crippen LogP contribution in [0.25, 0.3) is 0 Å². The fraction of sp³-hybridized carbons (Fsp3) is 0.364. The van der Waals surface area contributed by atoms with E-state index in [0.717, 1.165) is 0 Å². The summed E-state index contributed by atoms with van der Waals surface area (Å²) in [5, 5.41) is 0. The Morgan fingerprint density at radius 1 is 1.00 bits per heavy atom. The van der Waals surface area contributed by atoms with Gasteiger partial charge in [-0.25, -0.2) is 0 Å². The summed E-state index contributed by atoms with van der Waals surface area (Å²) in [7, 11) is 4.11. The first kappa shape index (κ1) is 9.11. The molecule has 0 saturated heterocycles. The normalized spacial score (nSPS) is 10.4. The monoisotopic (exact) mass is 162 g/mol. The number of anilines is 1. The Bertz CT molecular complexity index is 207. The molecule has 1 aromatic rings. The summed E-state index contributed by atoms with van der Waals surface area (Å²) in [5.74, 6) is 1.36. The van der Waals surface area contributed by atoms with Crippen molar-refractivity contribution in [1.82, 2.24) is 0 Å². The lowest BCUT2D eigenvalue weighted by molar-refractivity contribution is 1.11. The Labute approximate surface area is 75.0 Å². The molecule has 1 radical (unpaired) electrons. The molecule has 12 heavy (non-hydrogen) atoms. The van der Waals surface area contributed by atoms with E-state index in [1.54, 1.807) is 0 Å². The lowest BCUT2D eigenvalue weighted by Crippen LogP contribution is -2.08. The summed E-state index contributed by atoms with van der Waals surface area (Å²) in [5.41, 5.74) is 2.57. The minimum Gasteiger partial charge on any atom is -0.378 e. The molecule has 1 nitrogen and oxygen atoms in total. The topological polar surface area (TPSA) is 3.24 Å². The van der Waals surface area contributed by atoms with Crippen LogP contribution in [0, 0.1) is 5.92 Å². The Balaban J connectivity index is 2.86. The summed E-state index contributed by atoms with van der Waals surface area (Å²) >= 11 is 0. The van der Waals surface area contributed by atoms with Crippen LogP contribution in [0.1, 0.15) is 19.4 Å². The quantitative estimate of drug-likeness (QED) is 0.646. The molecule has 0 aliphatic rings. The number of nitrogens with zero attached hydrogens (tertiary/aromatic N) is 1. The van der Waals surface area contributed by atoms with Crippen LogP contribution < -0.4 is 4.90 Å². The fourth-order valence-corrected chi connectivity index (χ4v) is 1.09. The van der Waals surface area contributed by atoms with E-state index in [-0.39, 0.29) is 0 Å². The second-order valence-electron chi connectivity index (χ2n) is 3.44. The van der Waals surface area contributed by atoms with Gasteiger partial charge in [0.25, 0.3) is 0 Å². The summed E-state index contributed by atoms with van der Waals surface area (Å²) in [6.45, 7) is 4.26. The first-order valence-corrected chi connectivity index (χ1v) is 4.19. The second kappa shape index (κ2) is 3.61. The first-order valence-electron chi connectivity index (χ1n) is 4.19. The van der Waals surface area contributed by atoms with Crippen molar-refractivity contribution in [2.75, 3.05) is 19.0 Å². The smallest absolute Gasteiger partial charge is 0.0361 e. The van der Waals surface area contributed by atoms with E-state index < -0.39 is 0 Å². The van der Waals surface area contributed by atoms with Crippen LogP contribution in [0.15, 0.2) is 24.3 Å². The van der Waals surface area contributed by atoms with Gasteiger partial charge in [-0.2, -0.15) is 0 Å². The minimum atomic E-state index is 1.25. The lowest BCUT2D eigenvalue weighted by atomic mass is 10.0. The fourth-order valence-electron chi connectivity index (χ4n) is 1.09. The van der Waals surface area contributed by atoms with E-state index in [1.807, 2.05) is 0 Å². The van der Waals surface area contributed by atoms with E-state index in [1.165, 1.54) is 17.2 Å². The lowest BCUT2D eigenvalue weighted by Gasteiger charge is -2.13. The van der Waals surface area contributed by atoms with E-state index in [4.69, 9.17) is 0 Å². The third-order valence-electron chi connectivity index (χ3n) is 1.96. The van der Waals surface area contributed by atoms with Crippen molar-refractivity contribution in [3.05, 3.63) is 35.7 Å². The summed E-state index contributed by atoms with van der Waals surface area (Å²) in [6, 6.07) is 8.60. The van der Waals surface area contributed by atoms with Gasteiger partial charge in [0, 0.05) is 19.8 Å². The van der Waals surface area contributed by atoms with Crippen molar-refractivity contribution in [2.24, 2.45) is 0 Å².